The lowest BCUT2D eigenvalue weighted by molar-refractivity contribution is -0.117. The van der Waals surface area contributed by atoms with E-state index in [1.165, 1.54) is 18.2 Å². The molecule has 1 saturated carbocycles. The summed E-state index contributed by atoms with van der Waals surface area (Å²) >= 11 is 0. The topological polar surface area (TPSA) is 29.1 Å². The van der Waals surface area contributed by atoms with Crippen LogP contribution in [0.4, 0.5) is 4.39 Å². The molecular formula is C12H12FNO. The summed E-state index contributed by atoms with van der Waals surface area (Å²) in [7, 11) is 0. The first-order chi connectivity index (χ1) is 7.16. The van der Waals surface area contributed by atoms with Gasteiger partial charge in [-0.3, -0.25) is 4.79 Å². The summed E-state index contributed by atoms with van der Waals surface area (Å²) in [5.74, 6) is -0.443. The largest absolute Gasteiger partial charge is 0.343 e. The Morgan fingerprint density at radius 1 is 1.40 bits per heavy atom. The van der Waals surface area contributed by atoms with Crippen molar-refractivity contribution in [1.82, 2.24) is 5.32 Å². The molecular weight excluding hydrogens is 193 g/mol. The second kappa shape index (κ2) is 3.50. The molecule has 1 amide bonds. The van der Waals surface area contributed by atoms with Crippen molar-refractivity contribution in [3.63, 3.8) is 0 Å². The fourth-order valence-corrected chi connectivity index (χ4v) is 1.67. The van der Waals surface area contributed by atoms with Gasteiger partial charge in [-0.1, -0.05) is 18.7 Å². The maximum absolute atomic E-state index is 12.7. The van der Waals surface area contributed by atoms with Crippen LogP contribution in [0.2, 0.25) is 0 Å². The molecule has 2 rings (SSSR count). The van der Waals surface area contributed by atoms with Crippen LogP contribution in [0, 0.1) is 5.82 Å². The number of hydrogen-bond acceptors (Lipinski definition) is 1. The second-order valence-corrected chi connectivity index (χ2v) is 3.78. The van der Waals surface area contributed by atoms with E-state index < -0.39 is 0 Å². The summed E-state index contributed by atoms with van der Waals surface area (Å²) in [6, 6.07) is 6.25. The van der Waals surface area contributed by atoms with E-state index in [0.29, 0.717) is 0 Å². The Morgan fingerprint density at radius 3 is 2.47 bits per heavy atom. The fourth-order valence-electron chi connectivity index (χ4n) is 1.67. The van der Waals surface area contributed by atoms with Crippen molar-refractivity contribution in [2.24, 2.45) is 0 Å². The third-order valence-electron chi connectivity index (χ3n) is 2.69. The highest BCUT2D eigenvalue weighted by molar-refractivity contribution is 5.88. The summed E-state index contributed by atoms with van der Waals surface area (Å²) < 4.78 is 12.7. The summed E-state index contributed by atoms with van der Waals surface area (Å²) in [5.41, 5.74) is 0.679. The van der Waals surface area contributed by atoms with E-state index >= 15 is 0 Å². The van der Waals surface area contributed by atoms with E-state index in [1.807, 2.05) is 0 Å². The number of rotatable bonds is 3. The lowest BCUT2D eigenvalue weighted by Gasteiger charge is -2.16. The molecule has 1 aliphatic rings. The van der Waals surface area contributed by atoms with Crippen molar-refractivity contribution in [2.45, 2.75) is 18.4 Å². The summed E-state index contributed by atoms with van der Waals surface area (Å²) in [6.45, 7) is 3.41. The quantitative estimate of drug-likeness (QED) is 0.752. The van der Waals surface area contributed by atoms with Gasteiger partial charge < -0.3 is 5.32 Å². The van der Waals surface area contributed by atoms with E-state index in [0.717, 1.165) is 18.4 Å². The first-order valence-corrected chi connectivity index (χ1v) is 4.87. The summed E-state index contributed by atoms with van der Waals surface area (Å²) in [6.07, 6.45) is 3.06. The minimum absolute atomic E-state index is 0.183. The van der Waals surface area contributed by atoms with Gasteiger partial charge >= 0.3 is 0 Å². The van der Waals surface area contributed by atoms with Gasteiger partial charge in [-0.15, -0.1) is 0 Å². The fraction of sp³-hybridized carbons (Fsp3) is 0.250. The molecule has 1 aliphatic carbocycles. The highest BCUT2D eigenvalue weighted by Crippen LogP contribution is 2.45. The molecule has 0 atom stereocenters. The maximum atomic E-state index is 12.7. The van der Waals surface area contributed by atoms with Gasteiger partial charge in [0.1, 0.15) is 5.82 Å². The van der Waals surface area contributed by atoms with Gasteiger partial charge in [0.15, 0.2) is 0 Å². The first kappa shape index (κ1) is 9.90. The second-order valence-electron chi connectivity index (χ2n) is 3.78. The Labute approximate surface area is 87.8 Å². The molecule has 0 unspecified atom stereocenters. The number of halogens is 1. The molecule has 2 nitrogen and oxygen atoms in total. The van der Waals surface area contributed by atoms with Gasteiger partial charge in [-0.25, -0.2) is 4.39 Å². The Bertz CT molecular complexity index is 393. The van der Waals surface area contributed by atoms with Crippen LogP contribution in [-0.4, -0.2) is 5.91 Å². The van der Waals surface area contributed by atoms with E-state index in [1.54, 1.807) is 12.1 Å². The molecule has 1 N–H and O–H groups in total. The van der Waals surface area contributed by atoms with Crippen molar-refractivity contribution < 1.29 is 9.18 Å². The van der Waals surface area contributed by atoms with Crippen LogP contribution in [0.15, 0.2) is 36.9 Å². The molecule has 0 bridgehead atoms. The normalized spacial score (nSPS) is 16.9. The lowest BCUT2D eigenvalue weighted by Crippen LogP contribution is -2.33. The standard InChI is InChI=1S/C12H12FNO/c1-2-11(15)14-12(7-8-12)9-3-5-10(13)6-4-9/h2-6H,1,7-8H2,(H,14,15). The number of nitrogens with one attached hydrogen (secondary N) is 1. The van der Waals surface area contributed by atoms with Crippen LogP contribution in [-0.2, 0) is 10.3 Å². The van der Waals surface area contributed by atoms with E-state index in [4.69, 9.17) is 0 Å². The molecule has 1 fully saturated rings. The van der Waals surface area contributed by atoms with Gasteiger partial charge in [-0.2, -0.15) is 0 Å². The van der Waals surface area contributed by atoms with E-state index in [-0.39, 0.29) is 17.3 Å². The van der Waals surface area contributed by atoms with Crippen molar-refractivity contribution in [3.05, 3.63) is 48.3 Å². The molecule has 0 saturated heterocycles. The van der Waals surface area contributed by atoms with Crippen molar-refractivity contribution in [2.75, 3.05) is 0 Å². The van der Waals surface area contributed by atoms with Crippen LogP contribution in [0.1, 0.15) is 18.4 Å². The Balaban J connectivity index is 2.19. The smallest absolute Gasteiger partial charge is 0.244 e. The average Bonchev–Trinajstić information content (AvgIpc) is 3.00. The molecule has 78 valence electrons. The van der Waals surface area contributed by atoms with Crippen LogP contribution >= 0.6 is 0 Å². The first-order valence-electron chi connectivity index (χ1n) is 4.87. The van der Waals surface area contributed by atoms with Crippen molar-refractivity contribution >= 4 is 5.91 Å². The minimum atomic E-state index is -0.279. The average molecular weight is 205 g/mol. The Kier molecular flexibility index (Phi) is 2.31. The van der Waals surface area contributed by atoms with Crippen LogP contribution in [0.5, 0.6) is 0 Å². The molecule has 3 heteroatoms. The van der Waals surface area contributed by atoms with Crippen LogP contribution < -0.4 is 5.32 Å². The zero-order valence-corrected chi connectivity index (χ0v) is 8.29. The lowest BCUT2D eigenvalue weighted by atomic mass is 10.0. The zero-order valence-electron chi connectivity index (χ0n) is 8.29. The zero-order chi connectivity index (χ0) is 10.9. The van der Waals surface area contributed by atoms with E-state index in [9.17, 15) is 9.18 Å². The molecule has 0 aromatic heterocycles. The molecule has 0 radical (unpaired) electrons. The van der Waals surface area contributed by atoms with Crippen molar-refractivity contribution in [1.29, 1.82) is 0 Å². The Hall–Kier alpha value is -1.64. The molecule has 0 aliphatic heterocycles. The molecule has 15 heavy (non-hydrogen) atoms. The molecule has 1 aromatic carbocycles. The summed E-state index contributed by atoms with van der Waals surface area (Å²) in [4.78, 5) is 11.2. The van der Waals surface area contributed by atoms with Gasteiger partial charge in [0, 0.05) is 0 Å². The van der Waals surface area contributed by atoms with Gasteiger partial charge in [0.25, 0.3) is 0 Å². The molecule has 0 heterocycles. The molecule has 0 spiro atoms. The monoisotopic (exact) mass is 205 g/mol. The number of benzene rings is 1. The SMILES string of the molecule is C=CC(=O)NC1(c2ccc(F)cc2)CC1. The molecule has 1 aromatic rings. The van der Waals surface area contributed by atoms with Crippen LogP contribution in [0.3, 0.4) is 0 Å². The van der Waals surface area contributed by atoms with Crippen molar-refractivity contribution in [3.8, 4) is 0 Å². The highest BCUT2D eigenvalue weighted by atomic mass is 19.1. The third kappa shape index (κ3) is 1.91. The predicted molar refractivity (Wildman–Crippen MR) is 55.7 cm³/mol. The van der Waals surface area contributed by atoms with Gasteiger partial charge in [-0.05, 0) is 36.6 Å². The van der Waals surface area contributed by atoms with Crippen LogP contribution in [0.25, 0.3) is 0 Å². The summed E-state index contributed by atoms with van der Waals surface area (Å²) in [5, 5.41) is 2.87. The third-order valence-corrected chi connectivity index (χ3v) is 2.69. The van der Waals surface area contributed by atoms with E-state index in [2.05, 4.69) is 11.9 Å². The Morgan fingerprint density at radius 2 is 2.00 bits per heavy atom. The maximum Gasteiger partial charge on any atom is 0.244 e. The number of hydrogen-bond donors (Lipinski definition) is 1. The number of amides is 1. The van der Waals surface area contributed by atoms with Gasteiger partial charge in [0.2, 0.25) is 5.91 Å². The number of carbonyl (C=O) groups is 1. The predicted octanol–water partition coefficient (Wildman–Crippen LogP) is 2.12. The van der Waals surface area contributed by atoms with Gasteiger partial charge in [0.05, 0.1) is 5.54 Å². The minimum Gasteiger partial charge on any atom is -0.343 e. The highest BCUT2D eigenvalue weighted by Gasteiger charge is 2.45. The number of carbonyl (C=O) groups excluding carboxylic acids is 1.